The van der Waals surface area contributed by atoms with Crippen LogP contribution in [-0.4, -0.2) is 42.3 Å². The molecule has 0 aromatic heterocycles. The minimum absolute atomic E-state index is 0.0169. The summed E-state index contributed by atoms with van der Waals surface area (Å²) < 4.78 is 5.54. The molecule has 0 saturated heterocycles. The average Bonchev–Trinajstić information content (AvgIpc) is 3.41. The second kappa shape index (κ2) is 11.9. The van der Waals surface area contributed by atoms with Crippen LogP contribution in [0.15, 0.2) is 48.5 Å². The molecule has 2 atom stereocenters. The second-order valence-electron chi connectivity index (χ2n) is 9.53. The standard InChI is InChI=1S/C28H34N2O5/c31-26(30-25-14-8-9-19(25)17-27(32)33)15-2-1-7-16-29-28(34)35-18-24-22-12-5-3-10-20(22)21-11-4-6-13-23(21)24/h3-6,10-13,19,24-25H,1-2,7-9,14-18H2,(H,29,34)(H,30,31)(H,32,33). The summed E-state index contributed by atoms with van der Waals surface area (Å²) in [4.78, 5) is 35.4. The quantitative estimate of drug-likeness (QED) is 0.401. The van der Waals surface area contributed by atoms with Crippen LogP contribution in [0.25, 0.3) is 11.1 Å². The van der Waals surface area contributed by atoms with Gasteiger partial charge in [-0.2, -0.15) is 0 Å². The van der Waals surface area contributed by atoms with E-state index in [0.29, 0.717) is 19.6 Å². The Labute approximate surface area is 206 Å². The molecule has 0 aliphatic heterocycles. The zero-order valence-electron chi connectivity index (χ0n) is 20.0. The van der Waals surface area contributed by atoms with Gasteiger partial charge in [-0.05, 0) is 53.9 Å². The van der Waals surface area contributed by atoms with Crippen LogP contribution in [0.1, 0.15) is 68.4 Å². The summed E-state index contributed by atoms with van der Waals surface area (Å²) in [6, 6.07) is 16.5. The Balaban J connectivity index is 1.11. The van der Waals surface area contributed by atoms with Gasteiger partial charge in [0.1, 0.15) is 6.61 Å². The highest BCUT2D eigenvalue weighted by Gasteiger charge is 2.30. The summed E-state index contributed by atoms with van der Waals surface area (Å²) in [5.41, 5.74) is 4.77. The minimum Gasteiger partial charge on any atom is -0.481 e. The van der Waals surface area contributed by atoms with E-state index in [2.05, 4.69) is 34.9 Å². The maximum atomic E-state index is 12.2. The third kappa shape index (κ3) is 6.41. The molecule has 2 aromatic carbocycles. The van der Waals surface area contributed by atoms with Crippen LogP contribution in [0.3, 0.4) is 0 Å². The molecule has 186 valence electrons. The molecular formula is C28H34N2O5. The predicted molar refractivity (Wildman–Crippen MR) is 133 cm³/mol. The number of fused-ring (bicyclic) bond motifs is 3. The Hall–Kier alpha value is -3.35. The van der Waals surface area contributed by atoms with Crippen LogP contribution < -0.4 is 10.6 Å². The fourth-order valence-electron chi connectivity index (χ4n) is 5.40. The Morgan fingerprint density at radius 2 is 1.60 bits per heavy atom. The molecule has 0 bridgehead atoms. The number of aliphatic carboxylic acids is 1. The van der Waals surface area contributed by atoms with E-state index in [0.717, 1.165) is 38.5 Å². The minimum atomic E-state index is -0.806. The molecule has 0 radical (unpaired) electrons. The lowest BCUT2D eigenvalue weighted by Crippen LogP contribution is -2.37. The van der Waals surface area contributed by atoms with E-state index in [9.17, 15) is 14.4 Å². The van der Waals surface area contributed by atoms with Crippen LogP contribution in [0.4, 0.5) is 4.79 Å². The molecule has 7 nitrogen and oxygen atoms in total. The first-order valence-corrected chi connectivity index (χ1v) is 12.6. The fraction of sp³-hybridized carbons (Fsp3) is 0.464. The molecule has 4 rings (SSSR count). The lowest BCUT2D eigenvalue weighted by Gasteiger charge is -2.19. The number of benzene rings is 2. The van der Waals surface area contributed by atoms with Crippen molar-refractivity contribution in [3.05, 3.63) is 59.7 Å². The molecule has 0 heterocycles. The Bertz CT molecular complexity index is 1010. The van der Waals surface area contributed by atoms with Crippen molar-refractivity contribution in [2.75, 3.05) is 13.2 Å². The predicted octanol–water partition coefficient (Wildman–Crippen LogP) is 4.85. The highest BCUT2D eigenvalue weighted by atomic mass is 16.5. The highest BCUT2D eigenvalue weighted by Crippen LogP contribution is 2.44. The highest BCUT2D eigenvalue weighted by molar-refractivity contribution is 5.79. The number of nitrogens with one attached hydrogen (secondary N) is 2. The zero-order chi connectivity index (χ0) is 24.6. The largest absolute Gasteiger partial charge is 0.481 e. The molecule has 1 fully saturated rings. The summed E-state index contributed by atoms with van der Waals surface area (Å²) in [6.07, 6.45) is 5.11. The van der Waals surface area contributed by atoms with Crippen LogP contribution >= 0.6 is 0 Å². The molecule has 35 heavy (non-hydrogen) atoms. The molecule has 0 spiro atoms. The number of rotatable bonds is 11. The number of carbonyl (C=O) groups is 3. The second-order valence-corrected chi connectivity index (χ2v) is 9.53. The van der Waals surface area contributed by atoms with Crippen molar-refractivity contribution in [3.63, 3.8) is 0 Å². The van der Waals surface area contributed by atoms with E-state index in [1.165, 1.54) is 22.3 Å². The summed E-state index contributed by atoms with van der Waals surface area (Å²) in [6.45, 7) is 0.797. The number of carboxylic acid groups (broad SMARTS) is 1. The number of carbonyl (C=O) groups excluding carboxylic acids is 2. The average molecular weight is 479 g/mol. The van der Waals surface area contributed by atoms with Gasteiger partial charge in [-0.3, -0.25) is 9.59 Å². The number of amides is 2. The van der Waals surface area contributed by atoms with Crippen LogP contribution in [0.5, 0.6) is 0 Å². The molecule has 1 saturated carbocycles. The van der Waals surface area contributed by atoms with Gasteiger partial charge >= 0.3 is 12.1 Å². The van der Waals surface area contributed by atoms with Crippen molar-refractivity contribution >= 4 is 18.0 Å². The van der Waals surface area contributed by atoms with Crippen molar-refractivity contribution < 1.29 is 24.2 Å². The number of alkyl carbamates (subject to hydrolysis) is 1. The lowest BCUT2D eigenvalue weighted by atomic mass is 9.98. The van der Waals surface area contributed by atoms with Gasteiger partial charge in [0.2, 0.25) is 5.91 Å². The van der Waals surface area contributed by atoms with Crippen molar-refractivity contribution in [1.82, 2.24) is 10.6 Å². The maximum absolute atomic E-state index is 12.2. The first-order valence-electron chi connectivity index (χ1n) is 12.6. The van der Waals surface area contributed by atoms with E-state index in [-0.39, 0.29) is 30.2 Å². The van der Waals surface area contributed by atoms with Crippen molar-refractivity contribution in [1.29, 1.82) is 0 Å². The van der Waals surface area contributed by atoms with Crippen LogP contribution in [-0.2, 0) is 14.3 Å². The summed E-state index contributed by atoms with van der Waals surface area (Å²) in [5, 5.41) is 14.8. The van der Waals surface area contributed by atoms with Gasteiger partial charge in [0.15, 0.2) is 0 Å². The number of unbranched alkanes of at least 4 members (excludes halogenated alkanes) is 2. The molecular weight excluding hydrogens is 444 g/mol. The molecule has 2 aliphatic rings. The number of hydrogen-bond acceptors (Lipinski definition) is 4. The topological polar surface area (TPSA) is 105 Å². The van der Waals surface area contributed by atoms with E-state index in [4.69, 9.17) is 9.84 Å². The van der Waals surface area contributed by atoms with E-state index < -0.39 is 12.1 Å². The molecule has 7 heteroatoms. The molecule has 2 aliphatic carbocycles. The molecule has 3 N–H and O–H groups in total. The van der Waals surface area contributed by atoms with E-state index in [1.54, 1.807) is 0 Å². The Morgan fingerprint density at radius 1 is 0.914 bits per heavy atom. The van der Waals surface area contributed by atoms with Crippen LogP contribution in [0, 0.1) is 5.92 Å². The van der Waals surface area contributed by atoms with Crippen molar-refractivity contribution in [2.24, 2.45) is 5.92 Å². The first kappa shape index (κ1) is 24.8. The van der Waals surface area contributed by atoms with E-state index >= 15 is 0 Å². The Morgan fingerprint density at radius 3 is 2.29 bits per heavy atom. The van der Waals surface area contributed by atoms with Gasteiger partial charge < -0.3 is 20.5 Å². The first-order chi connectivity index (χ1) is 17.0. The van der Waals surface area contributed by atoms with Crippen LogP contribution in [0.2, 0.25) is 0 Å². The lowest BCUT2D eigenvalue weighted by molar-refractivity contribution is -0.138. The third-order valence-corrected chi connectivity index (χ3v) is 7.14. The smallest absolute Gasteiger partial charge is 0.407 e. The summed E-state index contributed by atoms with van der Waals surface area (Å²) >= 11 is 0. The SMILES string of the molecule is O=C(O)CC1CCCC1NC(=O)CCCCCNC(=O)OCC1c2ccccc2-c2ccccc21. The summed E-state index contributed by atoms with van der Waals surface area (Å²) in [5.74, 6) is -0.740. The fourth-order valence-corrected chi connectivity index (χ4v) is 5.40. The normalized spacial score (nSPS) is 18.5. The van der Waals surface area contributed by atoms with Gasteiger partial charge in [-0.15, -0.1) is 0 Å². The van der Waals surface area contributed by atoms with Crippen molar-refractivity contribution in [3.8, 4) is 11.1 Å². The number of carboxylic acids is 1. The Kier molecular flexibility index (Phi) is 8.40. The number of ether oxygens (including phenoxy) is 1. The van der Waals surface area contributed by atoms with Gasteiger partial charge in [-0.1, -0.05) is 61.4 Å². The van der Waals surface area contributed by atoms with Gasteiger partial charge in [0.25, 0.3) is 0 Å². The van der Waals surface area contributed by atoms with Crippen molar-refractivity contribution in [2.45, 2.75) is 63.3 Å². The van der Waals surface area contributed by atoms with Gasteiger partial charge in [0.05, 0.1) is 6.42 Å². The molecule has 2 aromatic rings. The molecule has 2 unspecified atom stereocenters. The maximum Gasteiger partial charge on any atom is 0.407 e. The van der Waals surface area contributed by atoms with Gasteiger partial charge in [-0.25, -0.2) is 4.79 Å². The van der Waals surface area contributed by atoms with Gasteiger partial charge in [0, 0.05) is 24.9 Å². The molecule has 2 amide bonds. The monoisotopic (exact) mass is 478 g/mol. The van der Waals surface area contributed by atoms with E-state index in [1.807, 2.05) is 24.3 Å². The third-order valence-electron chi connectivity index (χ3n) is 7.14. The summed E-state index contributed by atoms with van der Waals surface area (Å²) in [7, 11) is 0. The zero-order valence-corrected chi connectivity index (χ0v) is 20.0. The number of hydrogen-bond donors (Lipinski definition) is 3.